The van der Waals surface area contributed by atoms with E-state index in [1.807, 2.05) is 42.5 Å². The van der Waals surface area contributed by atoms with Gasteiger partial charge in [-0.25, -0.2) is 9.37 Å². The molecule has 0 aliphatic carbocycles. The van der Waals surface area contributed by atoms with Crippen LogP contribution in [0.15, 0.2) is 84.9 Å². The van der Waals surface area contributed by atoms with Crippen LogP contribution in [0, 0.1) is 5.82 Å². The summed E-state index contributed by atoms with van der Waals surface area (Å²) < 4.78 is 24.8. The van der Waals surface area contributed by atoms with E-state index < -0.39 is 0 Å². The van der Waals surface area contributed by atoms with E-state index in [1.165, 1.54) is 44.5 Å². The Morgan fingerprint density at radius 2 is 1.36 bits per heavy atom. The zero-order chi connectivity index (χ0) is 24.7. The molecule has 2 heterocycles. The molecule has 1 aliphatic rings. The monoisotopic (exact) mass is 482 g/mol. The molecule has 184 valence electrons. The number of rotatable bonds is 8. The molecule has 1 aliphatic heterocycles. The topological polar surface area (TPSA) is 34.6 Å². The highest BCUT2D eigenvalue weighted by atomic mass is 19.1. The third-order valence-electron chi connectivity index (χ3n) is 6.69. The first kappa shape index (κ1) is 24.0. The van der Waals surface area contributed by atoms with E-state index in [-0.39, 0.29) is 5.82 Å². The van der Waals surface area contributed by atoms with Crippen molar-refractivity contribution in [3.8, 4) is 45.1 Å². The van der Waals surface area contributed by atoms with Gasteiger partial charge in [0.1, 0.15) is 23.9 Å². The lowest BCUT2D eigenvalue weighted by Crippen LogP contribution is -2.33. The lowest BCUT2D eigenvalue weighted by molar-refractivity contribution is 0.183. The molecule has 1 aromatic heterocycles. The number of likely N-dealkylation sites (tertiary alicyclic amines) is 1. The Kier molecular flexibility index (Phi) is 7.58. The summed E-state index contributed by atoms with van der Waals surface area (Å²) in [6.45, 7) is 4.00. The van der Waals surface area contributed by atoms with Crippen molar-refractivity contribution in [3.05, 3.63) is 90.7 Å². The number of ether oxygens (including phenoxy) is 2. The van der Waals surface area contributed by atoms with Crippen molar-refractivity contribution in [3.63, 3.8) is 0 Å². The molecule has 0 spiro atoms. The number of piperidine rings is 1. The molecule has 4 aromatic rings. The van der Waals surface area contributed by atoms with Crippen LogP contribution in [-0.2, 0) is 0 Å². The number of benzene rings is 3. The minimum absolute atomic E-state index is 0.260. The summed E-state index contributed by atoms with van der Waals surface area (Å²) in [7, 11) is 1.66. The summed E-state index contributed by atoms with van der Waals surface area (Å²) >= 11 is 0. The lowest BCUT2D eigenvalue weighted by Gasteiger charge is -2.26. The Hall–Kier alpha value is -3.70. The van der Waals surface area contributed by atoms with Crippen LogP contribution in [0.3, 0.4) is 0 Å². The minimum atomic E-state index is -0.260. The zero-order valence-electron chi connectivity index (χ0n) is 20.6. The molecule has 0 unspecified atom stereocenters. The number of pyridine rings is 1. The number of halogens is 1. The highest BCUT2D eigenvalue weighted by molar-refractivity contribution is 5.83. The van der Waals surface area contributed by atoms with Gasteiger partial charge in [-0.05, 0) is 98.2 Å². The van der Waals surface area contributed by atoms with Crippen molar-refractivity contribution >= 4 is 0 Å². The van der Waals surface area contributed by atoms with E-state index in [0.29, 0.717) is 6.61 Å². The van der Waals surface area contributed by atoms with E-state index in [2.05, 4.69) is 23.1 Å². The first-order valence-corrected chi connectivity index (χ1v) is 12.6. The number of methoxy groups -OCH3 is 1. The van der Waals surface area contributed by atoms with Gasteiger partial charge >= 0.3 is 0 Å². The maximum absolute atomic E-state index is 13.5. The first-order chi connectivity index (χ1) is 17.7. The molecular formula is C31H31FN2O2. The Balaban J connectivity index is 1.41. The van der Waals surface area contributed by atoms with Crippen LogP contribution >= 0.6 is 0 Å². The highest BCUT2D eigenvalue weighted by Gasteiger charge is 2.13. The van der Waals surface area contributed by atoms with Crippen LogP contribution < -0.4 is 9.47 Å². The smallest absolute Gasteiger partial charge is 0.123 e. The summed E-state index contributed by atoms with van der Waals surface area (Å²) in [5, 5.41) is 0. The average molecular weight is 483 g/mol. The molecule has 5 rings (SSSR count). The highest BCUT2D eigenvalue weighted by Crippen LogP contribution is 2.34. The van der Waals surface area contributed by atoms with Crippen LogP contribution in [0.25, 0.3) is 33.6 Å². The Morgan fingerprint density at radius 1 is 0.722 bits per heavy atom. The molecule has 1 fully saturated rings. The summed E-state index contributed by atoms with van der Waals surface area (Å²) in [6.07, 6.45) is 3.91. The van der Waals surface area contributed by atoms with Gasteiger partial charge in [0.05, 0.1) is 18.5 Å². The lowest BCUT2D eigenvalue weighted by atomic mass is 9.97. The largest absolute Gasteiger partial charge is 0.497 e. The molecule has 1 saturated heterocycles. The van der Waals surface area contributed by atoms with Crippen molar-refractivity contribution in [2.45, 2.75) is 19.3 Å². The molecular weight excluding hydrogens is 451 g/mol. The summed E-state index contributed by atoms with van der Waals surface area (Å²) in [5.41, 5.74) is 5.59. The molecule has 36 heavy (non-hydrogen) atoms. The summed E-state index contributed by atoms with van der Waals surface area (Å²) in [6, 6.07) is 26.6. The minimum Gasteiger partial charge on any atom is -0.497 e. The maximum atomic E-state index is 13.5. The first-order valence-electron chi connectivity index (χ1n) is 12.6. The van der Waals surface area contributed by atoms with Crippen molar-refractivity contribution in [2.24, 2.45) is 0 Å². The van der Waals surface area contributed by atoms with Gasteiger partial charge in [0, 0.05) is 23.2 Å². The quantitative estimate of drug-likeness (QED) is 0.268. The Bertz CT molecular complexity index is 1270. The van der Waals surface area contributed by atoms with Gasteiger partial charge < -0.3 is 9.47 Å². The van der Waals surface area contributed by atoms with Crippen LogP contribution in [0.5, 0.6) is 11.5 Å². The maximum Gasteiger partial charge on any atom is 0.123 e. The second-order valence-electron chi connectivity index (χ2n) is 9.10. The van der Waals surface area contributed by atoms with E-state index in [1.54, 1.807) is 19.2 Å². The van der Waals surface area contributed by atoms with Gasteiger partial charge in [-0.15, -0.1) is 0 Å². The van der Waals surface area contributed by atoms with Crippen molar-refractivity contribution in [2.75, 3.05) is 33.4 Å². The molecule has 5 heteroatoms. The van der Waals surface area contributed by atoms with Crippen LogP contribution in [0.2, 0.25) is 0 Å². The zero-order valence-corrected chi connectivity index (χ0v) is 20.6. The molecule has 3 aromatic carbocycles. The normalized spacial score (nSPS) is 13.9. The van der Waals surface area contributed by atoms with E-state index >= 15 is 0 Å². The third kappa shape index (κ3) is 5.74. The van der Waals surface area contributed by atoms with Gasteiger partial charge in [-0.2, -0.15) is 0 Å². The number of aromatic nitrogens is 1. The van der Waals surface area contributed by atoms with Crippen LogP contribution in [0.1, 0.15) is 19.3 Å². The van der Waals surface area contributed by atoms with Crippen LogP contribution in [0.4, 0.5) is 4.39 Å². The molecule has 0 atom stereocenters. The molecule has 0 radical (unpaired) electrons. The fourth-order valence-corrected chi connectivity index (χ4v) is 4.65. The van der Waals surface area contributed by atoms with E-state index in [0.717, 1.165) is 51.7 Å². The molecule has 0 amide bonds. The van der Waals surface area contributed by atoms with E-state index in [9.17, 15) is 4.39 Å². The summed E-state index contributed by atoms with van der Waals surface area (Å²) in [5.74, 6) is 1.41. The van der Waals surface area contributed by atoms with Gasteiger partial charge in [0.25, 0.3) is 0 Å². The third-order valence-corrected chi connectivity index (χ3v) is 6.69. The average Bonchev–Trinajstić information content (AvgIpc) is 2.94. The number of nitrogens with zero attached hydrogens (tertiary/aromatic N) is 2. The van der Waals surface area contributed by atoms with Gasteiger partial charge in [0.15, 0.2) is 0 Å². The standard InChI is InChI=1S/C31H31FN2O2/c1-35-27-13-7-23(8-14-27)29-17-18-30(24-5-11-26(32)12-6-24)33-31(29)25-9-15-28(16-10-25)36-22-21-34-19-3-2-4-20-34/h5-18H,2-4,19-22H2,1H3. The van der Waals surface area contributed by atoms with Crippen molar-refractivity contribution < 1.29 is 13.9 Å². The van der Waals surface area contributed by atoms with Gasteiger partial charge in [0.2, 0.25) is 0 Å². The van der Waals surface area contributed by atoms with Crippen LogP contribution in [-0.4, -0.2) is 43.2 Å². The Morgan fingerprint density at radius 3 is 2.06 bits per heavy atom. The Labute approximate surface area is 212 Å². The fraction of sp³-hybridized carbons (Fsp3) is 0.258. The second-order valence-corrected chi connectivity index (χ2v) is 9.10. The SMILES string of the molecule is COc1ccc(-c2ccc(-c3ccc(F)cc3)nc2-c2ccc(OCCN3CCCCC3)cc2)cc1. The molecule has 0 saturated carbocycles. The van der Waals surface area contributed by atoms with Crippen molar-refractivity contribution in [1.29, 1.82) is 0 Å². The molecule has 0 bridgehead atoms. The molecule has 4 nitrogen and oxygen atoms in total. The van der Waals surface area contributed by atoms with Crippen molar-refractivity contribution in [1.82, 2.24) is 9.88 Å². The predicted molar refractivity (Wildman–Crippen MR) is 143 cm³/mol. The molecule has 0 N–H and O–H groups in total. The fourth-order valence-electron chi connectivity index (χ4n) is 4.65. The van der Waals surface area contributed by atoms with E-state index in [4.69, 9.17) is 14.5 Å². The van der Waals surface area contributed by atoms with Gasteiger partial charge in [-0.1, -0.05) is 24.6 Å². The number of hydrogen-bond acceptors (Lipinski definition) is 4. The predicted octanol–water partition coefficient (Wildman–Crippen LogP) is 7.10. The summed E-state index contributed by atoms with van der Waals surface area (Å²) in [4.78, 5) is 7.49. The van der Waals surface area contributed by atoms with Gasteiger partial charge in [-0.3, -0.25) is 4.90 Å². The number of hydrogen-bond donors (Lipinski definition) is 0. The second kappa shape index (κ2) is 11.4.